The van der Waals surface area contributed by atoms with Crippen molar-refractivity contribution in [3.63, 3.8) is 0 Å². The zero-order valence-corrected chi connectivity index (χ0v) is 4.42. The molecule has 0 unspecified atom stereocenters. The molecule has 0 aromatic rings. The van der Waals surface area contributed by atoms with E-state index in [1.54, 1.807) is 4.84 Å². The van der Waals surface area contributed by atoms with Crippen molar-refractivity contribution < 1.29 is 21.3 Å². The third-order valence-corrected chi connectivity index (χ3v) is 0.279. The van der Waals surface area contributed by atoms with Crippen LogP contribution in [-0.2, 0) is 16.5 Å². The summed E-state index contributed by atoms with van der Waals surface area (Å²) in [4.78, 5) is 11.0. The molecule has 0 aromatic heterocycles. The first-order valence-corrected chi connectivity index (χ1v) is 1.31. The van der Waals surface area contributed by atoms with Gasteiger partial charge < -0.3 is 5.73 Å². The first-order chi connectivity index (χ1) is 2.27. The SMILES string of the molecule is NC(=O)NCl.[Ni]. The molecule has 0 rings (SSSR count). The number of hydrogen-bond acceptors (Lipinski definition) is 1. The molecule has 2 amide bonds. The fraction of sp³-hybridized carbons (Fsp3) is 0. The molecule has 0 aliphatic heterocycles. The van der Waals surface area contributed by atoms with Crippen LogP contribution in [0.4, 0.5) is 4.79 Å². The first-order valence-electron chi connectivity index (χ1n) is 0.932. The molecule has 3 nitrogen and oxygen atoms in total. The molecule has 0 saturated carbocycles. The number of primary amides is 1. The first kappa shape index (κ1) is 9.41. The number of amides is 2. The zero-order valence-electron chi connectivity index (χ0n) is 2.68. The molecule has 0 aliphatic carbocycles. The molecule has 0 radical (unpaired) electrons. The molecular weight excluding hydrogens is 150 g/mol. The molecule has 0 spiro atoms. The fourth-order valence-corrected chi connectivity index (χ4v) is 0. The third-order valence-electron chi connectivity index (χ3n) is 0.0931. The number of hydrogen-bond donors (Lipinski definition) is 2. The summed E-state index contributed by atoms with van der Waals surface area (Å²) in [5.74, 6) is 0. The molecule has 0 atom stereocenters. The predicted molar refractivity (Wildman–Crippen MR) is 18.6 cm³/mol. The predicted octanol–water partition coefficient (Wildman–Crippen LogP) is -0.194. The zero-order chi connectivity index (χ0) is 4.28. The van der Waals surface area contributed by atoms with Crippen LogP contribution in [0.2, 0.25) is 0 Å². The Kier molecular flexibility index (Phi) is 7.92. The van der Waals surface area contributed by atoms with Crippen LogP contribution in [-0.4, -0.2) is 6.03 Å². The van der Waals surface area contributed by atoms with E-state index >= 15 is 0 Å². The number of halogens is 1. The van der Waals surface area contributed by atoms with Gasteiger partial charge in [-0.1, -0.05) is 0 Å². The average molecular weight is 153 g/mol. The van der Waals surface area contributed by atoms with Crippen LogP contribution in [0.25, 0.3) is 0 Å². The molecule has 5 heteroatoms. The Hall–Kier alpha value is 0.0535. The van der Waals surface area contributed by atoms with Crippen LogP contribution in [0, 0.1) is 0 Å². The van der Waals surface area contributed by atoms with E-state index in [1.807, 2.05) is 0 Å². The molecule has 40 valence electrons. The summed E-state index contributed by atoms with van der Waals surface area (Å²) in [6.07, 6.45) is 0. The Morgan fingerprint density at radius 3 is 2.00 bits per heavy atom. The summed E-state index contributed by atoms with van der Waals surface area (Å²) in [5.41, 5.74) is 4.41. The van der Waals surface area contributed by atoms with Gasteiger partial charge in [0, 0.05) is 28.3 Å². The van der Waals surface area contributed by atoms with Crippen LogP contribution < -0.4 is 10.6 Å². The Morgan fingerprint density at radius 1 is 1.83 bits per heavy atom. The van der Waals surface area contributed by atoms with Gasteiger partial charge in [0.15, 0.2) is 0 Å². The molecule has 0 heterocycles. The minimum atomic E-state index is -0.730. The minimum Gasteiger partial charge on any atom is -0.351 e. The quantitative estimate of drug-likeness (QED) is 0.367. The monoisotopic (exact) mass is 152 g/mol. The van der Waals surface area contributed by atoms with Crippen LogP contribution in [0.3, 0.4) is 0 Å². The standard InChI is InChI=1S/CH3ClN2O.Ni/c2-4-1(3)5;/h(H3,3,4,5);. The Labute approximate surface area is 50.3 Å². The minimum absolute atomic E-state index is 0. The summed E-state index contributed by atoms with van der Waals surface area (Å²) in [7, 11) is 0. The van der Waals surface area contributed by atoms with Gasteiger partial charge in [0.2, 0.25) is 0 Å². The number of nitrogens with two attached hydrogens (primary N) is 1. The molecule has 0 bridgehead atoms. The molecular formula is CH3ClN2NiO. The molecule has 0 saturated heterocycles. The third kappa shape index (κ3) is 8.96. The van der Waals surface area contributed by atoms with Crippen molar-refractivity contribution in [2.24, 2.45) is 5.73 Å². The van der Waals surface area contributed by atoms with Crippen molar-refractivity contribution in [1.82, 2.24) is 4.84 Å². The average Bonchev–Trinajstić information content (AvgIpc) is 1.38. The second-order valence-corrected chi connectivity index (χ2v) is 0.648. The summed E-state index contributed by atoms with van der Waals surface area (Å²) in [6, 6.07) is -0.730. The van der Waals surface area contributed by atoms with Crippen molar-refractivity contribution in [3.05, 3.63) is 0 Å². The van der Waals surface area contributed by atoms with E-state index in [0.717, 1.165) is 0 Å². The fourth-order valence-electron chi connectivity index (χ4n) is 0. The van der Waals surface area contributed by atoms with Crippen LogP contribution >= 0.6 is 11.8 Å². The maximum Gasteiger partial charge on any atom is 0.326 e. The van der Waals surface area contributed by atoms with E-state index in [1.165, 1.54) is 0 Å². The van der Waals surface area contributed by atoms with E-state index in [2.05, 4.69) is 17.5 Å². The Balaban J connectivity index is 0. The van der Waals surface area contributed by atoms with Gasteiger partial charge in [-0.2, -0.15) is 0 Å². The largest absolute Gasteiger partial charge is 0.351 e. The summed E-state index contributed by atoms with van der Waals surface area (Å²) >= 11 is 4.61. The van der Waals surface area contributed by atoms with Crippen LogP contribution in [0.15, 0.2) is 0 Å². The van der Waals surface area contributed by atoms with Gasteiger partial charge in [-0.3, -0.25) is 4.84 Å². The maximum atomic E-state index is 9.35. The smallest absolute Gasteiger partial charge is 0.326 e. The summed E-state index contributed by atoms with van der Waals surface area (Å²) in [5, 5.41) is 0. The van der Waals surface area contributed by atoms with E-state index in [0.29, 0.717) is 0 Å². The number of rotatable bonds is 0. The summed E-state index contributed by atoms with van der Waals surface area (Å²) < 4.78 is 0. The van der Waals surface area contributed by atoms with Crippen LogP contribution in [0.1, 0.15) is 0 Å². The molecule has 6 heavy (non-hydrogen) atoms. The Bertz CT molecular complexity index is 48.8. The second-order valence-electron chi connectivity index (χ2n) is 0.459. The number of carbonyl (C=O) groups is 1. The van der Waals surface area contributed by atoms with Crippen molar-refractivity contribution >= 4 is 17.8 Å². The number of carbonyl (C=O) groups excluding carboxylic acids is 1. The van der Waals surface area contributed by atoms with Gasteiger partial charge in [0.1, 0.15) is 0 Å². The van der Waals surface area contributed by atoms with Crippen molar-refractivity contribution in [1.29, 1.82) is 0 Å². The second kappa shape index (κ2) is 5.05. The van der Waals surface area contributed by atoms with Gasteiger partial charge in [-0.25, -0.2) is 4.79 Å². The van der Waals surface area contributed by atoms with Crippen molar-refractivity contribution in [2.75, 3.05) is 0 Å². The van der Waals surface area contributed by atoms with Gasteiger partial charge in [0.05, 0.1) is 0 Å². The topological polar surface area (TPSA) is 55.1 Å². The van der Waals surface area contributed by atoms with Gasteiger partial charge in [-0.05, 0) is 0 Å². The number of nitrogens with one attached hydrogen (secondary N) is 1. The van der Waals surface area contributed by atoms with E-state index in [4.69, 9.17) is 0 Å². The molecule has 0 aromatic carbocycles. The van der Waals surface area contributed by atoms with E-state index < -0.39 is 6.03 Å². The van der Waals surface area contributed by atoms with Gasteiger partial charge in [0.25, 0.3) is 0 Å². The molecule has 3 N–H and O–H groups in total. The van der Waals surface area contributed by atoms with Crippen LogP contribution in [0.5, 0.6) is 0 Å². The van der Waals surface area contributed by atoms with E-state index in [-0.39, 0.29) is 16.5 Å². The molecule has 0 fully saturated rings. The van der Waals surface area contributed by atoms with Gasteiger partial charge in [-0.15, -0.1) is 0 Å². The normalized spacial score (nSPS) is 5.50. The maximum absolute atomic E-state index is 9.35. The van der Waals surface area contributed by atoms with Gasteiger partial charge >= 0.3 is 6.03 Å². The summed E-state index contributed by atoms with van der Waals surface area (Å²) in [6.45, 7) is 0. The Morgan fingerprint density at radius 2 is 2.00 bits per heavy atom. The van der Waals surface area contributed by atoms with Crippen molar-refractivity contribution in [3.8, 4) is 0 Å². The van der Waals surface area contributed by atoms with E-state index in [9.17, 15) is 4.79 Å². The number of urea groups is 1. The molecule has 0 aliphatic rings. The van der Waals surface area contributed by atoms with Crippen molar-refractivity contribution in [2.45, 2.75) is 0 Å².